The van der Waals surface area contributed by atoms with Gasteiger partial charge in [0.15, 0.2) is 0 Å². The van der Waals surface area contributed by atoms with Gasteiger partial charge in [-0.1, -0.05) is 106 Å². The van der Waals surface area contributed by atoms with Crippen molar-refractivity contribution in [2.24, 2.45) is 99.6 Å². The molecule has 10 rings (SSSR count). The second-order valence-electron chi connectivity index (χ2n) is 25.3. The monoisotopic (exact) mass is 785 g/mol. The van der Waals surface area contributed by atoms with Gasteiger partial charge in [-0.25, -0.2) is 0 Å². The Kier molecular flexibility index (Phi) is 11.4. The van der Waals surface area contributed by atoms with Gasteiger partial charge >= 0.3 is 0 Å². The van der Waals surface area contributed by atoms with Gasteiger partial charge in [0, 0.05) is 17.5 Å². The first kappa shape index (κ1) is 40.9. The standard InChI is InChI=1S/C53H92N4/c1-32-14-8-17-36(30-32)48-54-49(38-20-9-15-34(38)3)56-50(55-48)41-26-29-51(5)28-25-33(2)31-44(51)47(41)57-52(6)27-13-22-40-45-35(4)16-10-21-39(45)42-23-11-18-37-19-12-24-43(46(40)52)53(37,42)7/h32-50,54-57H,8-31H2,1-7H3. The van der Waals surface area contributed by atoms with Crippen LogP contribution < -0.4 is 21.3 Å². The van der Waals surface area contributed by atoms with Gasteiger partial charge in [0.05, 0.1) is 18.5 Å². The quantitative estimate of drug-likeness (QED) is 0.224. The normalized spacial score (nSPS) is 58.1. The highest BCUT2D eigenvalue weighted by Crippen LogP contribution is 2.70. The van der Waals surface area contributed by atoms with Crippen molar-refractivity contribution in [1.29, 1.82) is 0 Å². The summed E-state index contributed by atoms with van der Waals surface area (Å²) in [5.74, 6) is 13.1. The topological polar surface area (TPSA) is 48.1 Å². The lowest BCUT2D eigenvalue weighted by Crippen LogP contribution is -2.76. The maximum Gasteiger partial charge on any atom is 0.0640 e. The number of hydrogen-bond acceptors (Lipinski definition) is 4. The molecule has 1 heterocycles. The van der Waals surface area contributed by atoms with E-state index in [0.29, 0.717) is 41.3 Å². The summed E-state index contributed by atoms with van der Waals surface area (Å²) in [6.45, 7) is 19.1. The molecule has 0 amide bonds. The summed E-state index contributed by atoms with van der Waals surface area (Å²) < 4.78 is 0. The van der Waals surface area contributed by atoms with E-state index in [-0.39, 0.29) is 5.54 Å². The van der Waals surface area contributed by atoms with E-state index in [9.17, 15) is 0 Å². The van der Waals surface area contributed by atoms with Crippen molar-refractivity contribution in [3.63, 3.8) is 0 Å². The van der Waals surface area contributed by atoms with E-state index in [1.165, 1.54) is 141 Å². The molecule has 0 aromatic carbocycles. The van der Waals surface area contributed by atoms with Gasteiger partial charge in [0.1, 0.15) is 0 Å². The van der Waals surface area contributed by atoms with Crippen molar-refractivity contribution in [3.05, 3.63) is 0 Å². The first-order valence-corrected chi connectivity index (χ1v) is 26.5. The zero-order chi connectivity index (χ0) is 39.3. The van der Waals surface area contributed by atoms with Crippen LogP contribution in [-0.4, -0.2) is 30.1 Å². The molecule has 4 nitrogen and oxygen atoms in total. The van der Waals surface area contributed by atoms with Crippen LogP contribution in [-0.2, 0) is 0 Å². The lowest BCUT2D eigenvalue weighted by atomic mass is 9.45. The molecule has 10 fully saturated rings. The molecule has 9 aliphatic carbocycles. The number of hydrogen-bond donors (Lipinski definition) is 4. The van der Waals surface area contributed by atoms with Crippen molar-refractivity contribution in [3.8, 4) is 0 Å². The lowest BCUT2D eigenvalue weighted by molar-refractivity contribution is -0.114. The molecular weight excluding hydrogens is 693 g/mol. The van der Waals surface area contributed by atoms with Crippen molar-refractivity contribution in [2.45, 2.75) is 233 Å². The maximum absolute atomic E-state index is 5.07. The van der Waals surface area contributed by atoms with Gasteiger partial charge in [-0.15, -0.1) is 0 Å². The average Bonchev–Trinajstić information content (AvgIpc) is 3.59. The fourth-order valence-corrected chi connectivity index (χ4v) is 19.6. The number of rotatable bonds is 5. The summed E-state index contributed by atoms with van der Waals surface area (Å²) in [4.78, 5) is 0. The molecule has 0 aromatic rings. The Morgan fingerprint density at radius 3 is 1.88 bits per heavy atom. The van der Waals surface area contributed by atoms with Gasteiger partial charge in [-0.2, -0.15) is 0 Å². The molecule has 0 bridgehead atoms. The van der Waals surface area contributed by atoms with E-state index in [4.69, 9.17) is 5.32 Å². The van der Waals surface area contributed by atoms with E-state index in [1.807, 2.05) is 0 Å². The van der Waals surface area contributed by atoms with Crippen LogP contribution in [0.15, 0.2) is 0 Å². The van der Waals surface area contributed by atoms with Crippen LogP contribution in [0.3, 0.4) is 0 Å². The molecule has 1 saturated heterocycles. The van der Waals surface area contributed by atoms with Crippen molar-refractivity contribution in [1.82, 2.24) is 21.3 Å². The fourth-order valence-electron chi connectivity index (χ4n) is 19.6. The van der Waals surface area contributed by atoms with E-state index in [0.717, 1.165) is 82.9 Å². The molecule has 4 N–H and O–H groups in total. The summed E-state index contributed by atoms with van der Waals surface area (Å²) in [7, 11) is 0. The van der Waals surface area contributed by atoms with Crippen LogP contribution in [0.25, 0.3) is 0 Å². The Balaban J connectivity index is 1.03. The molecule has 22 unspecified atom stereocenters. The molecule has 1 aliphatic heterocycles. The average molecular weight is 785 g/mol. The maximum atomic E-state index is 5.07. The SMILES string of the molecule is CC1CCCC(C2NC(C3CCCC3C)NC(C3CCC4(C)CCC(C)CC4C3NC3(C)CCCC4C5C(C)CCCC5C5CCCC6CCCC(C43)C65C)N2)C1. The van der Waals surface area contributed by atoms with Crippen LogP contribution in [0.4, 0.5) is 0 Å². The zero-order valence-corrected chi connectivity index (χ0v) is 38.4. The highest BCUT2D eigenvalue weighted by atomic mass is 15.4. The van der Waals surface area contributed by atoms with Gasteiger partial charge in [0.2, 0.25) is 0 Å². The molecule has 4 heteroatoms. The first-order chi connectivity index (χ1) is 27.5. The molecular formula is C53H92N4. The van der Waals surface area contributed by atoms with Crippen molar-refractivity contribution >= 4 is 0 Å². The highest BCUT2D eigenvalue weighted by Gasteiger charge is 2.65. The van der Waals surface area contributed by atoms with Crippen LogP contribution in [0.2, 0.25) is 0 Å². The van der Waals surface area contributed by atoms with Gasteiger partial charge < -0.3 is 5.32 Å². The third kappa shape index (κ3) is 7.02. The smallest absolute Gasteiger partial charge is 0.0640 e. The number of fused-ring (bicyclic) bond motifs is 6. The van der Waals surface area contributed by atoms with E-state index in [2.05, 4.69) is 64.4 Å². The molecule has 0 radical (unpaired) electrons. The van der Waals surface area contributed by atoms with Crippen molar-refractivity contribution < 1.29 is 0 Å². The van der Waals surface area contributed by atoms with Gasteiger partial charge in [-0.05, 0) is 190 Å². The summed E-state index contributed by atoms with van der Waals surface area (Å²) in [5, 5.41) is 18.4. The summed E-state index contributed by atoms with van der Waals surface area (Å²) >= 11 is 0. The van der Waals surface area contributed by atoms with Gasteiger partial charge in [0.25, 0.3) is 0 Å². The Morgan fingerprint density at radius 2 is 1.11 bits per heavy atom. The molecule has 324 valence electrons. The first-order valence-electron chi connectivity index (χ1n) is 26.5. The second-order valence-corrected chi connectivity index (χ2v) is 25.3. The molecule has 10 aliphatic rings. The predicted molar refractivity (Wildman–Crippen MR) is 238 cm³/mol. The zero-order valence-electron chi connectivity index (χ0n) is 38.4. The summed E-state index contributed by atoms with van der Waals surface area (Å²) in [6, 6.07) is 0.600. The van der Waals surface area contributed by atoms with Crippen LogP contribution in [0.1, 0.15) is 203 Å². The Hall–Kier alpha value is -0.160. The largest absolute Gasteiger partial charge is 0.308 e. The summed E-state index contributed by atoms with van der Waals surface area (Å²) in [5.41, 5.74) is 1.28. The van der Waals surface area contributed by atoms with E-state index in [1.54, 1.807) is 12.8 Å². The molecule has 57 heavy (non-hydrogen) atoms. The van der Waals surface area contributed by atoms with Crippen LogP contribution >= 0.6 is 0 Å². The Labute approximate surface area is 352 Å². The molecule has 0 aromatic heterocycles. The molecule has 22 atom stereocenters. The van der Waals surface area contributed by atoms with Gasteiger partial charge in [-0.3, -0.25) is 16.0 Å². The Morgan fingerprint density at radius 1 is 0.474 bits per heavy atom. The third-order valence-corrected chi connectivity index (χ3v) is 22.3. The minimum Gasteiger partial charge on any atom is -0.308 e. The minimum absolute atomic E-state index is 0.235. The van der Waals surface area contributed by atoms with Crippen LogP contribution in [0.5, 0.6) is 0 Å². The molecule has 9 saturated carbocycles. The minimum atomic E-state index is 0.235. The predicted octanol–water partition coefficient (Wildman–Crippen LogP) is 12.3. The Bertz CT molecular complexity index is 1400. The number of nitrogens with one attached hydrogen (secondary N) is 4. The van der Waals surface area contributed by atoms with Crippen LogP contribution in [0, 0.1) is 99.6 Å². The summed E-state index contributed by atoms with van der Waals surface area (Å²) in [6.07, 6.45) is 36.6. The highest BCUT2D eigenvalue weighted by molar-refractivity contribution is 5.17. The molecule has 0 spiro atoms. The van der Waals surface area contributed by atoms with E-state index >= 15 is 0 Å². The lowest BCUT2D eigenvalue weighted by Gasteiger charge is -2.63. The second kappa shape index (κ2) is 15.9. The fraction of sp³-hybridized carbons (Fsp3) is 1.00. The van der Waals surface area contributed by atoms with E-state index < -0.39 is 0 Å². The third-order valence-electron chi connectivity index (χ3n) is 22.3. The van der Waals surface area contributed by atoms with Crippen molar-refractivity contribution in [2.75, 3.05) is 0 Å².